The Labute approximate surface area is 138 Å². The molecule has 24 heavy (non-hydrogen) atoms. The normalized spacial score (nSPS) is 19.1. The second-order valence-corrected chi connectivity index (χ2v) is 6.41. The molecule has 5 nitrogen and oxygen atoms in total. The number of anilines is 1. The molecule has 3 heterocycles. The molecule has 0 radical (unpaired) electrons. The summed E-state index contributed by atoms with van der Waals surface area (Å²) >= 11 is 0. The molecule has 2 aliphatic rings. The lowest BCUT2D eigenvalue weighted by atomic mass is 10.1. The zero-order chi connectivity index (χ0) is 16.7. The van der Waals surface area contributed by atoms with Crippen LogP contribution in [-0.4, -0.2) is 40.2 Å². The molecule has 0 bridgehead atoms. The predicted octanol–water partition coefficient (Wildman–Crippen LogP) is 2.35. The highest BCUT2D eigenvalue weighted by Crippen LogP contribution is 2.27. The van der Waals surface area contributed by atoms with Gasteiger partial charge >= 0.3 is 0 Å². The first-order valence-corrected chi connectivity index (χ1v) is 8.11. The van der Waals surface area contributed by atoms with Crippen LogP contribution < -0.4 is 4.90 Å². The molecule has 7 heteroatoms. The van der Waals surface area contributed by atoms with E-state index < -0.39 is 5.82 Å². The van der Waals surface area contributed by atoms with Gasteiger partial charge in [-0.05, 0) is 24.6 Å². The van der Waals surface area contributed by atoms with E-state index in [1.807, 2.05) is 15.8 Å². The molecular weight excluding hydrogens is 314 g/mol. The molecule has 0 unspecified atom stereocenters. The lowest BCUT2D eigenvalue weighted by Gasteiger charge is -2.39. The zero-order valence-electron chi connectivity index (χ0n) is 13.2. The number of carbonyl (C=O) groups excluding carboxylic acids is 1. The van der Waals surface area contributed by atoms with Crippen LogP contribution in [0.25, 0.3) is 0 Å². The number of benzene rings is 1. The zero-order valence-corrected chi connectivity index (χ0v) is 13.2. The van der Waals surface area contributed by atoms with E-state index in [9.17, 15) is 13.6 Å². The van der Waals surface area contributed by atoms with Gasteiger partial charge in [-0.2, -0.15) is 5.10 Å². The highest BCUT2D eigenvalue weighted by molar-refractivity contribution is 5.95. The van der Waals surface area contributed by atoms with Gasteiger partial charge in [0.2, 0.25) is 5.91 Å². The van der Waals surface area contributed by atoms with Crippen molar-refractivity contribution in [2.75, 3.05) is 24.5 Å². The van der Waals surface area contributed by atoms with E-state index in [4.69, 9.17) is 0 Å². The van der Waals surface area contributed by atoms with Gasteiger partial charge in [0.25, 0.3) is 0 Å². The molecule has 126 valence electrons. The quantitative estimate of drug-likeness (QED) is 0.863. The largest absolute Gasteiger partial charge is 0.309 e. The molecule has 1 amide bonds. The minimum atomic E-state index is -0.421. The molecule has 2 saturated heterocycles. The smallest absolute Gasteiger partial charge is 0.227 e. The third-order valence-electron chi connectivity index (χ3n) is 4.69. The van der Waals surface area contributed by atoms with Gasteiger partial charge in [0, 0.05) is 44.4 Å². The van der Waals surface area contributed by atoms with Crippen LogP contribution in [0.5, 0.6) is 0 Å². The number of likely N-dealkylation sites (tertiary alicyclic amines) is 1. The summed E-state index contributed by atoms with van der Waals surface area (Å²) in [5.41, 5.74) is 1.21. The summed E-state index contributed by atoms with van der Waals surface area (Å²) in [5.74, 6) is -0.657. The number of carbonyl (C=O) groups is 1. The number of hydrogen-bond donors (Lipinski definition) is 0. The maximum Gasteiger partial charge on any atom is 0.227 e. The molecule has 0 atom stereocenters. The standard InChI is InChI=1S/C17H18F2N4O/c18-13-3-4-16(19)12(6-13)8-21-9-15(10-21)23-11-14(7-20-23)22-5-1-2-17(22)24/h3-4,6-7,11,15H,1-2,5,8-10H2. The average molecular weight is 332 g/mol. The highest BCUT2D eigenvalue weighted by atomic mass is 19.1. The van der Waals surface area contributed by atoms with Gasteiger partial charge in [0.05, 0.1) is 17.9 Å². The Morgan fingerprint density at radius 2 is 2.08 bits per heavy atom. The maximum atomic E-state index is 13.7. The number of rotatable bonds is 4. The summed E-state index contributed by atoms with van der Waals surface area (Å²) < 4.78 is 28.7. The molecule has 0 spiro atoms. The van der Waals surface area contributed by atoms with Crippen LogP contribution in [0.3, 0.4) is 0 Å². The Morgan fingerprint density at radius 1 is 1.25 bits per heavy atom. The summed E-state index contributed by atoms with van der Waals surface area (Å²) in [7, 11) is 0. The van der Waals surface area contributed by atoms with E-state index in [2.05, 4.69) is 5.10 Å². The van der Waals surface area contributed by atoms with Crippen LogP contribution >= 0.6 is 0 Å². The van der Waals surface area contributed by atoms with E-state index in [1.165, 1.54) is 6.07 Å². The average Bonchev–Trinajstić information content (AvgIpc) is 3.14. The van der Waals surface area contributed by atoms with Crippen LogP contribution in [0.15, 0.2) is 30.6 Å². The molecule has 4 rings (SSSR count). The lowest BCUT2D eigenvalue weighted by Crippen LogP contribution is -2.47. The third-order valence-corrected chi connectivity index (χ3v) is 4.69. The van der Waals surface area contributed by atoms with E-state index in [-0.39, 0.29) is 17.8 Å². The Balaban J connectivity index is 1.37. The minimum absolute atomic E-state index is 0.145. The predicted molar refractivity (Wildman–Crippen MR) is 84.5 cm³/mol. The Morgan fingerprint density at radius 3 is 2.83 bits per heavy atom. The van der Waals surface area contributed by atoms with Crippen molar-refractivity contribution < 1.29 is 13.6 Å². The summed E-state index contributed by atoms with van der Waals surface area (Å²) in [5, 5.41) is 4.35. The second-order valence-electron chi connectivity index (χ2n) is 6.41. The Bertz CT molecular complexity index is 770. The first-order valence-electron chi connectivity index (χ1n) is 8.11. The van der Waals surface area contributed by atoms with Gasteiger partial charge in [-0.1, -0.05) is 0 Å². The van der Waals surface area contributed by atoms with Gasteiger partial charge in [-0.15, -0.1) is 0 Å². The maximum absolute atomic E-state index is 13.7. The van der Waals surface area contributed by atoms with Gasteiger partial charge < -0.3 is 4.90 Å². The first-order chi connectivity index (χ1) is 11.6. The van der Waals surface area contributed by atoms with Crippen molar-refractivity contribution in [3.05, 3.63) is 47.8 Å². The van der Waals surface area contributed by atoms with Gasteiger partial charge in [0.1, 0.15) is 11.6 Å². The Hall–Kier alpha value is -2.28. The van der Waals surface area contributed by atoms with E-state index in [1.54, 1.807) is 11.1 Å². The second kappa shape index (κ2) is 5.98. The molecule has 2 fully saturated rings. The van der Waals surface area contributed by atoms with Crippen molar-refractivity contribution >= 4 is 11.6 Å². The fourth-order valence-corrected chi connectivity index (χ4v) is 3.33. The van der Waals surface area contributed by atoms with E-state index >= 15 is 0 Å². The lowest BCUT2D eigenvalue weighted by molar-refractivity contribution is -0.117. The van der Waals surface area contributed by atoms with Crippen molar-refractivity contribution in [3.63, 3.8) is 0 Å². The van der Waals surface area contributed by atoms with E-state index in [0.717, 1.165) is 43.9 Å². The van der Waals surface area contributed by atoms with Crippen molar-refractivity contribution in [1.29, 1.82) is 0 Å². The molecule has 1 aromatic carbocycles. The topological polar surface area (TPSA) is 41.4 Å². The first kappa shape index (κ1) is 15.3. The molecular formula is C17H18F2N4O. The number of nitrogens with zero attached hydrogens (tertiary/aromatic N) is 4. The van der Waals surface area contributed by atoms with Gasteiger partial charge in [0.15, 0.2) is 0 Å². The monoisotopic (exact) mass is 332 g/mol. The Kier molecular flexibility index (Phi) is 3.80. The van der Waals surface area contributed by atoms with Crippen LogP contribution in [0.1, 0.15) is 24.4 Å². The van der Waals surface area contributed by atoms with Crippen LogP contribution in [0.2, 0.25) is 0 Å². The third kappa shape index (κ3) is 2.80. The summed E-state index contributed by atoms with van der Waals surface area (Å²) in [4.78, 5) is 15.6. The molecule has 0 N–H and O–H groups in total. The number of amides is 1. The fraction of sp³-hybridized carbons (Fsp3) is 0.412. The number of aromatic nitrogens is 2. The molecule has 2 aliphatic heterocycles. The molecule has 0 aliphatic carbocycles. The van der Waals surface area contributed by atoms with Gasteiger partial charge in [-0.3, -0.25) is 14.4 Å². The van der Waals surface area contributed by atoms with Gasteiger partial charge in [-0.25, -0.2) is 8.78 Å². The van der Waals surface area contributed by atoms with Crippen molar-refractivity contribution in [3.8, 4) is 0 Å². The molecule has 0 saturated carbocycles. The summed E-state index contributed by atoms with van der Waals surface area (Å²) in [6, 6.07) is 3.73. The number of hydrogen-bond acceptors (Lipinski definition) is 3. The fourth-order valence-electron chi connectivity index (χ4n) is 3.33. The summed E-state index contributed by atoms with van der Waals surface area (Å²) in [6.45, 7) is 2.59. The van der Waals surface area contributed by atoms with Crippen molar-refractivity contribution in [1.82, 2.24) is 14.7 Å². The number of halogens is 2. The molecule has 1 aromatic heterocycles. The van der Waals surface area contributed by atoms with E-state index in [0.29, 0.717) is 18.5 Å². The molecule has 2 aromatic rings. The van der Waals surface area contributed by atoms with Crippen LogP contribution in [0, 0.1) is 11.6 Å². The minimum Gasteiger partial charge on any atom is -0.309 e. The highest BCUT2D eigenvalue weighted by Gasteiger charge is 2.30. The van der Waals surface area contributed by atoms with Crippen molar-refractivity contribution in [2.45, 2.75) is 25.4 Å². The van der Waals surface area contributed by atoms with Crippen molar-refractivity contribution in [2.24, 2.45) is 0 Å². The SMILES string of the molecule is O=C1CCCN1c1cnn(C2CN(Cc3cc(F)ccc3F)C2)c1. The van der Waals surface area contributed by atoms with Crippen LogP contribution in [0.4, 0.5) is 14.5 Å². The van der Waals surface area contributed by atoms with Crippen LogP contribution in [-0.2, 0) is 11.3 Å². The summed E-state index contributed by atoms with van der Waals surface area (Å²) in [6.07, 6.45) is 5.11.